The first kappa shape index (κ1) is 33.5. The van der Waals surface area contributed by atoms with Crippen LogP contribution >= 0.6 is 11.8 Å². The number of nitrogens with one attached hydrogen (secondary N) is 2. The summed E-state index contributed by atoms with van der Waals surface area (Å²) < 4.78 is 21.5. The van der Waals surface area contributed by atoms with Crippen LogP contribution in [0.25, 0.3) is 0 Å². The van der Waals surface area contributed by atoms with Crippen LogP contribution in [0.4, 0.5) is 9.59 Å². The minimum atomic E-state index is -1.08. The molecule has 2 atom stereocenters. The summed E-state index contributed by atoms with van der Waals surface area (Å²) in [4.78, 5) is 50.8. The summed E-state index contributed by atoms with van der Waals surface area (Å²) in [7, 11) is 0. The van der Waals surface area contributed by atoms with Crippen molar-refractivity contribution in [3.8, 4) is 0 Å². The predicted molar refractivity (Wildman–Crippen MR) is 156 cm³/mol. The summed E-state index contributed by atoms with van der Waals surface area (Å²) in [5, 5.41) is 5.09. The van der Waals surface area contributed by atoms with E-state index in [4.69, 9.17) is 18.9 Å². The zero-order valence-electron chi connectivity index (χ0n) is 24.4. The molecule has 0 unspecified atom stereocenters. The number of amides is 2. The molecule has 0 fully saturated rings. The molecule has 0 saturated heterocycles. The van der Waals surface area contributed by atoms with Crippen molar-refractivity contribution >= 4 is 35.9 Å². The number of carbonyl (C=O) groups excluding carboxylic acids is 4. The van der Waals surface area contributed by atoms with Gasteiger partial charge in [-0.1, -0.05) is 60.7 Å². The molecule has 0 heterocycles. The summed E-state index contributed by atoms with van der Waals surface area (Å²) in [6.45, 7) is 10.3. The Labute approximate surface area is 245 Å². The molecule has 0 aliphatic heterocycles. The molecule has 2 rings (SSSR count). The smallest absolute Gasteiger partial charge is 0.408 e. The number of carbonyl (C=O) groups is 4. The zero-order valence-corrected chi connectivity index (χ0v) is 25.2. The van der Waals surface area contributed by atoms with Gasteiger partial charge in [-0.05, 0) is 52.7 Å². The Morgan fingerprint density at radius 1 is 0.634 bits per heavy atom. The second-order valence-electron chi connectivity index (χ2n) is 11.1. The molecule has 0 aliphatic carbocycles. The van der Waals surface area contributed by atoms with Crippen LogP contribution in [0.1, 0.15) is 52.7 Å². The Kier molecular flexibility index (Phi) is 13.0. The van der Waals surface area contributed by atoms with Gasteiger partial charge in [0.1, 0.15) is 36.5 Å². The number of alkyl carbamates (subject to hydrolysis) is 2. The fraction of sp³-hybridized carbons (Fsp3) is 0.467. The fourth-order valence-corrected chi connectivity index (χ4v) is 4.25. The van der Waals surface area contributed by atoms with E-state index in [0.29, 0.717) is 0 Å². The molecule has 224 valence electrons. The maximum Gasteiger partial charge on any atom is 0.408 e. The molecule has 11 heteroatoms. The van der Waals surface area contributed by atoms with Crippen molar-refractivity contribution in [1.82, 2.24) is 10.6 Å². The van der Waals surface area contributed by atoms with Gasteiger partial charge in [-0.2, -0.15) is 11.8 Å². The van der Waals surface area contributed by atoms with Crippen LogP contribution in [0, 0.1) is 0 Å². The molecule has 10 nitrogen and oxygen atoms in total. The lowest BCUT2D eigenvalue weighted by Gasteiger charge is -2.24. The van der Waals surface area contributed by atoms with E-state index < -0.39 is 47.4 Å². The van der Waals surface area contributed by atoms with Gasteiger partial charge >= 0.3 is 24.1 Å². The molecule has 2 amide bonds. The Bertz CT molecular complexity index is 1040. The van der Waals surface area contributed by atoms with Crippen molar-refractivity contribution in [2.45, 2.75) is 78.0 Å². The van der Waals surface area contributed by atoms with Crippen LogP contribution in [-0.4, -0.2) is 58.9 Å². The molecular formula is C30H40N2O8S. The number of hydrogen-bond donors (Lipinski definition) is 2. The van der Waals surface area contributed by atoms with Gasteiger partial charge in [-0.3, -0.25) is 0 Å². The summed E-state index contributed by atoms with van der Waals surface area (Å²) in [5.74, 6) is -1.28. The van der Waals surface area contributed by atoms with Gasteiger partial charge in [-0.25, -0.2) is 19.2 Å². The number of esters is 2. The van der Waals surface area contributed by atoms with E-state index in [1.54, 1.807) is 41.5 Å². The molecule has 0 bridgehead atoms. The molecule has 0 aromatic heterocycles. The van der Waals surface area contributed by atoms with Crippen LogP contribution in [-0.2, 0) is 41.8 Å². The van der Waals surface area contributed by atoms with Gasteiger partial charge in [0.05, 0.1) is 0 Å². The number of ether oxygens (including phenoxy) is 4. The third-order valence-electron chi connectivity index (χ3n) is 4.97. The minimum absolute atomic E-state index is 0.0193. The lowest BCUT2D eigenvalue weighted by molar-refractivity contribution is -0.147. The standard InChI is InChI=1S/C30H40N2O8S/c1-29(2,3)39-27(35)31-23(25(33)37-17-21-13-9-7-10-14-21)19-41-20-24(32-28(36)40-30(4,5)6)26(34)38-18-22-15-11-8-12-16-22/h7-16,23-24H,17-20H2,1-6H3,(H,31,35)(H,32,36)/t23-,24+. The Morgan fingerprint density at radius 3 is 1.29 bits per heavy atom. The van der Waals surface area contributed by atoms with E-state index in [1.165, 1.54) is 0 Å². The monoisotopic (exact) mass is 588 g/mol. The quantitative estimate of drug-likeness (QED) is 0.260. The average Bonchev–Trinajstić information content (AvgIpc) is 2.88. The van der Waals surface area contributed by atoms with Crippen molar-refractivity contribution in [1.29, 1.82) is 0 Å². The van der Waals surface area contributed by atoms with Crippen LogP contribution in [0.3, 0.4) is 0 Å². The summed E-state index contributed by atoms with van der Waals surface area (Å²) in [6.07, 6.45) is -1.57. The third kappa shape index (κ3) is 14.5. The summed E-state index contributed by atoms with van der Waals surface area (Å²) in [6, 6.07) is 16.1. The van der Waals surface area contributed by atoms with Gasteiger partial charge in [-0.15, -0.1) is 0 Å². The number of thioether (sulfide) groups is 1. The molecular weight excluding hydrogens is 548 g/mol. The van der Waals surface area contributed by atoms with E-state index in [2.05, 4.69) is 10.6 Å². The first-order valence-electron chi connectivity index (χ1n) is 13.2. The molecule has 2 aromatic rings. The highest BCUT2D eigenvalue weighted by Gasteiger charge is 2.29. The van der Waals surface area contributed by atoms with Crippen molar-refractivity contribution < 1.29 is 38.1 Å². The fourth-order valence-electron chi connectivity index (χ4n) is 3.20. The van der Waals surface area contributed by atoms with Gasteiger partial charge < -0.3 is 29.6 Å². The lowest BCUT2D eigenvalue weighted by atomic mass is 10.2. The Hall–Kier alpha value is -3.73. The highest BCUT2D eigenvalue weighted by Crippen LogP contribution is 2.14. The molecule has 2 N–H and O–H groups in total. The molecule has 0 aliphatic rings. The third-order valence-corrected chi connectivity index (χ3v) is 6.11. The predicted octanol–water partition coefficient (Wildman–Crippen LogP) is 4.99. The van der Waals surface area contributed by atoms with E-state index in [1.807, 2.05) is 60.7 Å². The zero-order chi connectivity index (χ0) is 30.5. The van der Waals surface area contributed by atoms with Crippen LogP contribution in [0.15, 0.2) is 60.7 Å². The van der Waals surface area contributed by atoms with Crippen LogP contribution in [0.5, 0.6) is 0 Å². The largest absolute Gasteiger partial charge is 0.459 e. The lowest BCUT2D eigenvalue weighted by Crippen LogP contribution is -2.47. The first-order valence-corrected chi connectivity index (χ1v) is 14.4. The highest BCUT2D eigenvalue weighted by molar-refractivity contribution is 7.99. The van der Waals surface area contributed by atoms with Crippen LogP contribution in [0.2, 0.25) is 0 Å². The molecule has 0 radical (unpaired) electrons. The van der Waals surface area contributed by atoms with E-state index >= 15 is 0 Å². The van der Waals surface area contributed by atoms with Gasteiger partial charge in [0.2, 0.25) is 0 Å². The minimum Gasteiger partial charge on any atom is -0.459 e. The van der Waals surface area contributed by atoms with E-state index in [-0.39, 0.29) is 24.7 Å². The van der Waals surface area contributed by atoms with Crippen molar-refractivity contribution in [3.05, 3.63) is 71.8 Å². The van der Waals surface area contributed by atoms with E-state index in [0.717, 1.165) is 22.9 Å². The molecule has 0 saturated carbocycles. The topological polar surface area (TPSA) is 129 Å². The molecule has 0 spiro atoms. The first-order chi connectivity index (χ1) is 19.2. The highest BCUT2D eigenvalue weighted by atomic mass is 32.2. The second-order valence-corrected chi connectivity index (χ2v) is 12.2. The average molecular weight is 589 g/mol. The number of hydrogen-bond acceptors (Lipinski definition) is 9. The number of rotatable bonds is 12. The Morgan fingerprint density at radius 2 is 0.976 bits per heavy atom. The maximum absolute atomic E-state index is 12.9. The van der Waals surface area contributed by atoms with Crippen LogP contribution < -0.4 is 10.6 Å². The van der Waals surface area contributed by atoms with Gasteiger partial charge in [0.25, 0.3) is 0 Å². The summed E-state index contributed by atoms with van der Waals surface area (Å²) >= 11 is 1.15. The SMILES string of the molecule is CC(C)(C)OC(=O)N[C@@H](CSC[C@@H](NC(=O)OC(C)(C)C)C(=O)OCc1ccccc1)C(=O)OCc1ccccc1. The van der Waals surface area contributed by atoms with Gasteiger partial charge in [0.15, 0.2) is 0 Å². The van der Waals surface area contributed by atoms with E-state index in [9.17, 15) is 19.2 Å². The summed E-state index contributed by atoms with van der Waals surface area (Å²) in [5.41, 5.74) is 0.0148. The van der Waals surface area contributed by atoms with Crippen molar-refractivity contribution in [2.75, 3.05) is 11.5 Å². The van der Waals surface area contributed by atoms with Crippen molar-refractivity contribution in [3.63, 3.8) is 0 Å². The van der Waals surface area contributed by atoms with Crippen molar-refractivity contribution in [2.24, 2.45) is 0 Å². The maximum atomic E-state index is 12.9. The second kappa shape index (κ2) is 15.9. The Balaban J connectivity index is 2.07. The van der Waals surface area contributed by atoms with Gasteiger partial charge in [0, 0.05) is 11.5 Å². The molecule has 41 heavy (non-hydrogen) atoms. The molecule has 2 aromatic carbocycles. The normalized spacial score (nSPS) is 12.8. The number of benzene rings is 2.